The Labute approximate surface area is 171 Å². The zero-order valence-corrected chi connectivity index (χ0v) is 17.6. The summed E-state index contributed by atoms with van der Waals surface area (Å²) in [7, 11) is 3.12. The first-order valence-electron chi connectivity index (χ1n) is 9.95. The molecular formula is C24H28N2O3. The van der Waals surface area contributed by atoms with Crippen LogP contribution in [0.4, 0.5) is 0 Å². The highest BCUT2D eigenvalue weighted by Crippen LogP contribution is 2.40. The lowest BCUT2D eigenvalue weighted by molar-refractivity contribution is -0.143. The minimum absolute atomic E-state index is 0.000712. The largest absolute Gasteiger partial charge is 0.496 e. The van der Waals surface area contributed by atoms with Gasteiger partial charge in [-0.05, 0) is 34.7 Å². The van der Waals surface area contributed by atoms with E-state index in [9.17, 15) is 4.79 Å². The second kappa shape index (κ2) is 7.23. The van der Waals surface area contributed by atoms with Gasteiger partial charge in [-0.3, -0.25) is 10.1 Å². The molecule has 0 radical (unpaired) electrons. The van der Waals surface area contributed by atoms with Gasteiger partial charge in [0.05, 0.1) is 20.3 Å². The summed E-state index contributed by atoms with van der Waals surface area (Å²) >= 11 is 0. The number of methoxy groups -OCH3 is 2. The van der Waals surface area contributed by atoms with Crippen LogP contribution in [-0.4, -0.2) is 31.2 Å². The molecule has 152 valence electrons. The van der Waals surface area contributed by atoms with Crippen molar-refractivity contribution < 1.29 is 14.3 Å². The smallest absolute Gasteiger partial charge is 0.323 e. The van der Waals surface area contributed by atoms with E-state index in [-0.39, 0.29) is 17.4 Å². The second-order valence-electron chi connectivity index (χ2n) is 8.65. The van der Waals surface area contributed by atoms with Crippen LogP contribution in [0.15, 0.2) is 42.5 Å². The van der Waals surface area contributed by atoms with Crippen molar-refractivity contribution in [1.82, 2.24) is 10.3 Å². The molecule has 0 fully saturated rings. The number of hydrogen-bond acceptors (Lipinski definition) is 4. The van der Waals surface area contributed by atoms with E-state index in [1.165, 1.54) is 12.7 Å². The van der Waals surface area contributed by atoms with Crippen LogP contribution in [0.3, 0.4) is 0 Å². The van der Waals surface area contributed by atoms with Gasteiger partial charge in [0.2, 0.25) is 0 Å². The van der Waals surface area contributed by atoms with Gasteiger partial charge in [-0.2, -0.15) is 0 Å². The number of H-pyrrole nitrogens is 1. The Kier molecular flexibility index (Phi) is 4.87. The second-order valence-corrected chi connectivity index (χ2v) is 8.65. The van der Waals surface area contributed by atoms with Crippen molar-refractivity contribution in [2.75, 3.05) is 14.2 Å². The van der Waals surface area contributed by atoms with Crippen molar-refractivity contribution in [1.29, 1.82) is 0 Å². The van der Waals surface area contributed by atoms with Crippen molar-refractivity contribution >= 4 is 16.9 Å². The molecule has 4 rings (SSSR count). The Morgan fingerprint density at radius 2 is 1.86 bits per heavy atom. The topological polar surface area (TPSA) is 63.4 Å². The van der Waals surface area contributed by atoms with Crippen LogP contribution in [0, 0.1) is 0 Å². The first-order chi connectivity index (χ1) is 13.8. The predicted octanol–water partition coefficient (Wildman–Crippen LogP) is 4.25. The maximum atomic E-state index is 12.5. The van der Waals surface area contributed by atoms with Crippen molar-refractivity contribution in [2.45, 2.75) is 44.7 Å². The number of fused-ring (bicyclic) bond motifs is 3. The molecule has 2 unspecified atom stereocenters. The minimum Gasteiger partial charge on any atom is -0.496 e. The molecule has 0 spiro atoms. The van der Waals surface area contributed by atoms with E-state index in [4.69, 9.17) is 9.47 Å². The Balaban J connectivity index is 1.92. The molecule has 5 heteroatoms. The molecule has 0 amide bonds. The normalized spacial score (nSPS) is 19.1. The van der Waals surface area contributed by atoms with E-state index < -0.39 is 6.04 Å². The quantitative estimate of drug-likeness (QED) is 0.654. The van der Waals surface area contributed by atoms with Gasteiger partial charge in [-0.25, -0.2) is 0 Å². The Hall–Kier alpha value is -2.79. The Morgan fingerprint density at radius 1 is 1.10 bits per heavy atom. The number of hydrogen-bond donors (Lipinski definition) is 2. The first-order valence-corrected chi connectivity index (χ1v) is 9.95. The number of para-hydroxylation sites is 1. The number of ether oxygens (including phenoxy) is 2. The van der Waals surface area contributed by atoms with E-state index in [0.717, 1.165) is 33.5 Å². The van der Waals surface area contributed by atoms with Crippen molar-refractivity contribution in [3.05, 3.63) is 64.8 Å². The fourth-order valence-corrected chi connectivity index (χ4v) is 4.20. The number of esters is 1. The number of rotatable bonds is 3. The van der Waals surface area contributed by atoms with Gasteiger partial charge in [-0.15, -0.1) is 0 Å². The van der Waals surface area contributed by atoms with E-state index in [2.05, 4.69) is 55.3 Å². The van der Waals surface area contributed by atoms with Crippen LogP contribution in [0.1, 0.15) is 49.2 Å². The Morgan fingerprint density at radius 3 is 2.55 bits per heavy atom. The highest BCUT2D eigenvalue weighted by molar-refractivity contribution is 5.87. The molecule has 2 aromatic carbocycles. The summed E-state index contributed by atoms with van der Waals surface area (Å²) in [6.45, 7) is 6.58. The first kappa shape index (κ1) is 19.5. The van der Waals surface area contributed by atoms with Gasteiger partial charge in [0.1, 0.15) is 11.8 Å². The lowest BCUT2D eigenvalue weighted by Gasteiger charge is -2.32. The van der Waals surface area contributed by atoms with Crippen LogP contribution < -0.4 is 10.1 Å². The van der Waals surface area contributed by atoms with Crippen LogP contribution in [0.25, 0.3) is 10.9 Å². The maximum Gasteiger partial charge on any atom is 0.323 e. The molecule has 1 aliphatic rings. The summed E-state index contributed by atoms with van der Waals surface area (Å²) in [5.41, 5.74) is 5.54. The predicted molar refractivity (Wildman–Crippen MR) is 114 cm³/mol. The molecule has 1 aliphatic heterocycles. The number of nitrogens with one attached hydrogen (secondary N) is 2. The van der Waals surface area contributed by atoms with E-state index in [0.29, 0.717) is 6.42 Å². The number of aromatic amines is 1. The number of carbonyl (C=O) groups excluding carboxylic acids is 1. The molecule has 29 heavy (non-hydrogen) atoms. The lowest BCUT2D eigenvalue weighted by Crippen LogP contribution is -2.45. The molecule has 5 nitrogen and oxygen atoms in total. The molecular weight excluding hydrogens is 364 g/mol. The molecule has 0 aliphatic carbocycles. The van der Waals surface area contributed by atoms with Gasteiger partial charge in [-0.1, -0.05) is 45.0 Å². The molecule has 2 atom stereocenters. The highest BCUT2D eigenvalue weighted by atomic mass is 16.5. The van der Waals surface area contributed by atoms with Gasteiger partial charge < -0.3 is 14.5 Å². The van der Waals surface area contributed by atoms with Crippen LogP contribution in [0.5, 0.6) is 5.75 Å². The van der Waals surface area contributed by atoms with Gasteiger partial charge in [0.25, 0.3) is 0 Å². The lowest BCUT2D eigenvalue weighted by atomic mass is 9.83. The molecule has 0 bridgehead atoms. The third-order valence-electron chi connectivity index (χ3n) is 5.80. The average molecular weight is 392 g/mol. The van der Waals surface area contributed by atoms with Gasteiger partial charge in [0.15, 0.2) is 0 Å². The minimum atomic E-state index is -0.417. The summed E-state index contributed by atoms with van der Waals surface area (Å²) in [5, 5.41) is 4.65. The molecule has 2 heterocycles. The van der Waals surface area contributed by atoms with Crippen LogP contribution in [0.2, 0.25) is 0 Å². The molecule has 1 aromatic heterocycles. The van der Waals surface area contributed by atoms with Gasteiger partial charge >= 0.3 is 5.97 Å². The average Bonchev–Trinajstić information content (AvgIpc) is 3.10. The van der Waals surface area contributed by atoms with E-state index >= 15 is 0 Å². The summed E-state index contributed by atoms with van der Waals surface area (Å²) in [4.78, 5) is 16.0. The molecule has 0 saturated carbocycles. The summed E-state index contributed by atoms with van der Waals surface area (Å²) in [5.74, 6) is 0.544. The van der Waals surface area contributed by atoms with E-state index in [1.807, 2.05) is 18.2 Å². The third-order valence-corrected chi connectivity index (χ3v) is 5.80. The van der Waals surface area contributed by atoms with Crippen LogP contribution >= 0.6 is 0 Å². The third kappa shape index (κ3) is 3.40. The molecule has 3 aromatic rings. The van der Waals surface area contributed by atoms with Crippen molar-refractivity contribution in [3.8, 4) is 5.75 Å². The van der Waals surface area contributed by atoms with Gasteiger partial charge in [0, 0.05) is 28.6 Å². The fourth-order valence-electron chi connectivity index (χ4n) is 4.20. The molecule has 2 N–H and O–H groups in total. The number of carbonyl (C=O) groups is 1. The van der Waals surface area contributed by atoms with E-state index in [1.54, 1.807) is 7.11 Å². The summed E-state index contributed by atoms with van der Waals surface area (Å²) < 4.78 is 10.8. The highest BCUT2D eigenvalue weighted by Gasteiger charge is 2.36. The summed E-state index contributed by atoms with van der Waals surface area (Å²) in [6, 6.07) is 13.9. The van der Waals surface area contributed by atoms with Crippen molar-refractivity contribution in [3.63, 3.8) is 0 Å². The SMILES string of the molecule is COC(=O)C1Cc2c([nH]c3ccccc23)C(c2cc(C(C)(C)C)ccc2OC)N1. The monoisotopic (exact) mass is 392 g/mol. The van der Waals surface area contributed by atoms with Crippen molar-refractivity contribution in [2.24, 2.45) is 0 Å². The zero-order valence-electron chi connectivity index (χ0n) is 17.6. The standard InChI is InChI=1S/C24H28N2O3/c1-24(2,3)14-10-11-20(28-4)17(12-14)22-21-16(13-19(26-22)23(27)29-5)15-8-6-7-9-18(15)25-21/h6-12,19,22,25-26H,13H2,1-5H3. The number of aromatic nitrogens is 1. The fraction of sp³-hybridized carbons (Fsp3) is 0.375. The molecule has 0 saturated heterocycles. The zero-order chi connectivity index (χ0) is 20.8. The number of benzene rings is 2. The Bertz CT molecular complexity index is 1060. The van der Waals surface area contributed by atoms with Crippen LogP contribution in [-0.2, 0) is 21.4 Å². The summed E-state index contributed by atoms with van der Waals surface area (Å²) in [6.07, 6.45) is 0.587. The maximum absolute atomic E-state index is 12.5.